The molecule has 0 spiro atoms. The van der Waals surface area contributed by atoms with Crippen LogP contribution >= 0.6 is 0 Å². The summed E-state index contributed by atoms with van der Waals surface area (Å²) in [5.41, 5.74) is -1.21. The molecule has 19 heavy (non-hydrogen) atoms. The van der Waals surface area contributed by atoms with Gasteiger partial charge < -0.3 is 10.4 Å². The molecule has 0 bridgehead atoms. The minimum Gasteiger partial charge on any atom is -0.480 e. The van der Waals surface area contributed by atoms with Crippen LogP contribution in [0.25, 0.3) is 0 Å². The maximum atomic E-state index is 12.2. The van der Waals surface area contributed by atoms with Crippen LogP contribution in [0.1, 0.15) is 32.6 Å². The fourth-order valence-electron chi connectivity index (χ4n) is 2.37. The number of carboxylic acids is 1. The zero-order valence-corrected chi connectivity index (χ0v) is 11.1. The molecule has 1 aliphatic rings. The number of hydrogen-bond acceptors (Lipinski definition) is 3. The van der Waals surface area contributed by atoms with E-state index in [1.54, 1.807) is 4.90 Å². The Bertz CT molecular complexity index is 302. The number of nitrogens with zero attached hydrogens (tertiary/aromatic N) is 1. The van der Waals surface area contributed by atoms with E-state index < -0.39 is 24.1 Å². The lowest BCUT2D eigenvalue weighted by molar-refractivity contribution is -0.154. The monoisotopic (exact) mass is 282 g/mol. The lowest BCUT2D eigenvalue weighted by atomic mass is 9.92. The van der Waals surface area contributed by atoms with Crippen molar-refractivity contribution in [1.29, 1.82) is 0 Å². The van der Waals surface area contributed by atoms with E-state index in [2.05, 4.69) is 5.32 Å². The molecular formula is C12H21F3N2O2. The molecule has 112 valence electrons. The first kappa shape index (κ1) is 16.2. The normalized spacial score (nSPS) is 21.7. The highest BCUT2D eigenvalue weighted by Crippen LogP contribution is 2.28. The molecule has 0 aromatic rings. The second-order valence-electron chi connectivity index (χ2n) is 5.14. The van der Waals surface area contributed by atoms with E-state index >= 15 is 0 Å². The number of carboxylic acid groups (broad SMARTS) is 1. The zero-order valence-electron chi connectivity index (χ0n) is 11.1. The molecule has 0 aromatic carbocycles. The summed E-state index contributed by atoms with van der Waals surface area (Å²) in [5.74, 6) is -1.04. The van der Waals surface area contributed by atoms with Gasteiger partial charge in [-0.05, 0) is 32.7 Å². The van der Waals surface area contributed by atoms with E-state index in [-0.39, 0.29) is 12.8 Å². The molecule has 0 aromatic heterocycles. The number of halogens is 3. The Hall–Kier alpha value is -0.820. The molecule has 4 nitrogen and oxygen atoms in total. The first-order valence-electron chi connectivity index (χ1n) is 6.51. The van der Waals surface area contributed by atoms with E-state index in [1.807, 2.05) is 0 Å². The lowest BCUT2D eigenvalue weighted by Crippen LogP contribution is -2.53. The molecule has 1 aliphatic heterocycles. The van der Waals surface area contributed by atoms with Gasteiger partial charge in [-0.2, -0.15) is 13.2 Å². The predicted molar refractivity (Wildman–Crippen MR) is 65.0 cm³/mol. The summed E-state index contributed by atoms with van der Waals surface area (Å²) in [6.07, 6.45) is -4.48. The second-order valence-corrected chi connectivity index (χ2v) is 5.14. The van der Waals surface area contributed by atoms with Gasteiger partial charge in [0.1, 0.15) is 5.54 Å². The highest BCUT2D eigenvalue weighted by molar-refractivity contribution is 5.78. The van der Waals surface area contributed by atoms with Crippen molar-refractivity contribution in [3.05, 3.63) is 0 Å². The van der Waals surface area contributed by atoms with Crippen LogP contribution in [-0.4, -0.2) is 53.9 Å². The van der Waals surface area contributed by atoms with Gasteiger partial charge in [-0.25, -0.2) is 0 Å². The number of rotatable bonds is 5. The van der Waals surface area contributed by atoms with Crippen molar-refractivity contribution in [3.8, 4) is 0 Å². The molecule has 1 rings (SSSR count). The Morgan fingerprint density at radius 1 is 1.26 bits per heavy atom. The van der Waals surface area contributed by atoms with E-state index in [0.29, 0.717) is 19.6 Å². The third kappa shape index (κ3) is 4.99. The number of nitrogens with one attached hydrogen (secondary N) is 1. The van der Waals surface area contributed by atoms with E-state index in [9.17, 15) is 23.1 Å². The van der Waals surface area contributed by atoms with Crippen LogP contribution in [0.2, 0.25) is 0 Å². The molecule has 1 saturated heterocycles. The summed E-state index contributed by atoms with van der Waals surface area (Å²) >= 11 is 0. The van der Waals surface area contributed by atoms with Gasteiger partial charge in [-0.3, -0.25) is 9.69 Å². The number of carbonyl (C=O) groups is 1. The predicted octanol–water partition coefficient (Wildman–Crippen LogP) is 1.86. The Morgan fingerprint density at radius 2 is 1.95 bits per heavy atom. The molecule has 1 heterocycles. The Kier molecular flexibility index (Phi) is 5.61. The summed E-state index contributed by atoms with van der Waals surface area (Å²) in [5, 5.41) is 12.5. The highest BCUT2D eigenvalue weighted by Gasteiger charge is 2.40. The topological polar surface area (TPSA) is 52.6 Å². The lowest BCUT2D eigenvalue weighted by Gasteiger charge is -2.37. The smallest absolute Gasteiger partial charge is 0.389 e. The maximum Gasteiger partial charge on any atom is 0.389 e. The third-order valence-electron chi connectivity index (χ3n) is 3.62. The van der Waals surface area contributed by atoms with Crippen LogP contribution in [0.15, 0.2) is 0 Å². The summed E-state index contributed by atoms with van der Waals surface area (Å²) in [6.45, 7) is 4.16. The molecule has 0 amide bonds. The summed E-state index contributed by atoms with van der Waals surface area (Å²) in [6, 6.07) is 0. The van der Waals surface area contributed by atoms with Crippen LogP contribution in [0.3, 0.4) is 0 Å². The standard InChI is InChI=1S/C12H21F3N2O2/c1-11(10(18)19,4-2-5-12(13,14)15)17-8-3-6-16-7-9-17/h16H,2-9H2,1H3,(H,18,19). The second kappa shape index (κ2) is 6.56. The van der Waals surface area contributed by atoms with Crippen LogP contribution in [0.4, 0.5) is 13.2 Å². The molecular weight excluding hydrogens is 261 g/mol. The van der Waals surface area contributed by atoms with Gasteiger partial charge in [0.25, 0.3) is 0 Å². The van der Waals surface area contributed by atoms with Crippen molar-refractivity contribution in [3.63, 3.8) is 0 Å². The molecule has 1 atom stereocenters. The van der Waals surface area contributed by atoms with E-state index in [0.717, 1.165) is 13.0 Å². The Morgan fingerprint density at radius 3 is 2.53 bits per heavy atom. The van der Waals surface area contributed by atoms with Crippen molar-refractivity contribution in [1.82, 2.24) is 10.2 Å². The minimum absolute atomic E-state index is 0.0157. The van der Waals surface area contributed by atoms with E-state index in [1.165, 1.54) is 6.92 Å². The van der Waals surface area contributed by atoms with Crippen LogP contribution in [0, 0.1) is 0 Å². The van der Waals surface area contributed by atoms with Crippen molar-refractivity contribution in [2.75, 3.05) is 26.2 Å². The maximum absolute atomic E-state index is 12.2. The molecule has 1 fully saturated rings. The van der Waals surface area contributed by atoms with Crippen LogP contribution in [0.5, 0.6) is 0 Å². The van der Waals surface area contributed by atoms with Gasteiger partial charge in [0.15, 0.2) is 0 Å². The molecule has 0 saturated carbocycles. The highest BCUT2D eigenvalue weighted by atomic mass is 19.4. The van der Waals surface area contributed by atoms with Crippen molar-refractivity contribution < 1.29 is 23.1 Å². The summed E-state index contributed by atoms with van der Waals surface area (Å²) in [7, 11) is 0. The molecule has 0 radical (unpaired) electrons. The first-order chi connectivity index (χ1) is 8.76. The number of alkyl halides is 3. The molecule has 2 N–H and O–H groups in total. The van der Waals surface area contributed by atoms with Gasteiger partial charge in [0.05, 0.1) is 0 Å². The van der Waals surface area contributed by atoms with Gasteiger partial charge in [0.2, 0.25) is 0 Å². The molecule has 0 aliphatic carbocycles. The Labute approximate surface area is 111 Å². The van der Waals surface area contributed by atoms with Gasteiger partial charge in [-0.1, -0.05) is 0 Å². The average molecular weight is 282 g/mol. The number of hydrogen-bond donors (Lipinski definition) is 2. The summed E-state index contributed by atoms with van der Waals surface area (Å²) in [4.78, 5) is 13.2. The quantitative estimate of drug-likeness (QED) is 0.808. The fourth-order valence-corrected chi connectivity index (χ4v) is 2.37. The zero-order chi connectivity index (χ0) is 14.5. The molecule has 1 unspecified atom stereocenters. The fraction of sp³-hybridized carbons (Fsp3) is 0.917. The van der Waals surface area contributed by atoms with Crippen LogP contribution < -0.4 is 5.32 Å². The Balaban J connectivity index is 2.64. The van der Waals surface area contributed by atoms with Crippen LogP contribution in [-0.2, 0) is 4.79 Å². The molecule has 7 heteroatoms. The summed E-state index contributed by atoms with van der Waals surface area (Å²) < 4.78 is 36.5. The van der Waals surface area contributed by atoms with E-state index in [4.69, 9.17) is 0 Å². The third-order valence-corrected chi connectivity index (χ3v) is 3.62. The minimum atomic E-state index is -4.22. The van der Waals surface area contributed by atoms with Crippen molar-refractivity contribution in [2.45, 2.75) is 44.3 Å². The largest absolute Gasteiger partial charge is 0.480 e. The average Bonchev–Trinajstić information content (AvgIpc) is 2.55. The van der Waals surface area contributed by atoms with Crippen molar-refractivity contribution >= 4 is 5.97 Å². The SMILES string of the molecule is CC(CCCC(F)(F)F)(C(=O)O)N1CCCNCC1. The van der Waals surface area contributed by atoms with Gasteiger partial charge in [-0.15, -0.1) is 0 Å². The number of aliphatic carboxylic acids is 1. The first-order valence-corrected chi connectivity index (χ1v) is 6.51. The van der Waals surface area contributed by atoms with Gasteiger partial charge >= 0.3 is 12.1 Å². The van der Waals surface area contributed by atoms with Gasteiger partial charge in [0, 0.05) is 26.1 Å². The van der Waals surface area contributed by atoms with Crippen molar-refractivity contribution in [2.24, 2.45) is 0 Å².